The van der Waals surface area contributed by atoms with Crippen LogP contribution in [0, 0.1) is 11.3 Å². The van der Waals surface area contributed by atoms with E-state index in [1.54, 1.807) is 12.1 Å². The highest BCUT2D eigenvalue weighted by Crippen LogP contribution is 2.35. The maximum Gasteiger partial charge on any atom is 0.144 e. The van der Waals surface area contributed by atoms with Crippen LogP contribution in [0.1, 0.15) is 24.5 Å². The number of hydrogen-bond acceptors (Lipinski definition) is 2. The summed E-state index contributed by atoms with van der Waals surface area (Å²) in [5.74, 6) is 0. The van der Waals surface area contributed by atoms with E-state index < -0.39 is 0 Å². The van der Waals surface area contributed by atoms with Gasteiger partial charge in [0, 0.05) is 0 Å². The third-order valence-electron chi connectivity index (χ3n) is 2.48. The molecule has 4 heteroatoms. The summed E-state index contributed by atoms with van der Waals surface area (Å²) in [6.45, 7) is 0. The molecule has 0 amide bonds. The molecule has 1 saturated heterocycles. The van der Waals surface area contributed by atoms with Crippen LogP contribution in [0.2, 0.25) is 10.0 Å². The first-order valence-corrected chi connectivity index (χ1v) is 5.46. The average Bonchev–Trinajstić information content (AvgIpc) is 2.70. The quantitative estimate of drug-likeness (QED) is 0.751. The molecule has 1 fully saturated rings. The van der Waals surface area contributed by atoms with Gasteiger partial charge in [0.15, 0.2) is 0 Å². The Kier molecular flexibility index (Phi) is 3.16. The van der Waals surface area contributed by atoms with E-state index in [2.05, 4.69) is 6.07 Å². The number of nitrogens with zero attached hydrogens (tertiary/aromatic N) is 1. The minimum absolute atomic E-state index is 0.0237. The van der Waals surface area contributed by atoms with E-state index in [9.17, 15) is 0 Å². The zero-order chi connectivity index (χ0) is 10.8. The van der Waals surface area contributed by atoms with Crippen LogP contribution in [0.25, 0.3) is 0 Å². The first-order chi connectivity index (χ1) is 7.20. The SMILES string of the molecule is N#C[C@H]1CC[C@H](c2ccc(Cl)c(Cl)c2)O1. The summed E-state index contributed by atoms with van der Waals surface area (Å²) in [5.41, 5.74) is 0.988. The number of ether oxygens (including phenoxy) is 1. The van der Waals surface area contributed by atoms with Gasteiger partial charge in [-0.1, -0.05) is 29.3 Å². The van der Waals surface area contributed by atoms with Gasteiger partial charge in [0.1, 0.15) is 6.10 Å². The van der Waals surface area contributed by atoms with Gasteiger partial charge in [0.25, 0.3) is 0 Å². The normalized spacial score (nSPS) is 25.1. The van der Waals surface area contributed by atoms with Gasteiger partial charge >= 0.3 is 0 Å². The Morgan fingerprint density at radius 3 is 2.67 bits per heavy atom. The second-order valence-electron chi connectivity index (χ2n) is 3.49. The Morgan fingerprint density at radius 2 is 2.07 bits per heavy atom. The smallest absolute Gasteiger partial charge is 0.144 e. The summed E-state index contributed by atoms with van der Waals surface area (Å²) in [7, 11) is 0. The van der Waals surface area contributed by atoms with Gasteiger partial charge in [-0.05, 0) is 30.5 Å². The van der Waals surface area contributed by atoms with Crippen molar-refractivity contribution in [2.24, 2.45) is 0 Å². The molecule has 0 unspecified atom stereocenters. The van der Waals surface area contributed by atoms with Crippen LogP contribution in [0.15, 0.2) is 18.2 Å². The lowest BCUT2D eigenvalue weighted by molar-refractivity contribution is 0.0750. The monoisotopic (exact) mass is 241 g/mol. The minimum Gasteiger partial charge on any atom is -0.355 e. The lowest BCUT2D eigenvalue weighted by Gasteiger charge is -2.11. The second-order valence-corrected chi connectivity index (χ2v) is 4.31. The van der Waals surface area contributed by atoms with Crippen molar-refractivity contribution in [3.8, 4) is 6.07 Å². The molecule has 1 aliphatic rings. The molecule has 0 N–H and O–H groups in total. The fraction of sp³-hybridized carbons (Fsp3) is 0.364. The lowest BCUT2D eigenvalue weighted by Crippen LogP contribution is -2.02. The molecule has 2 nitrogen and oxygen atoms in total. The van der Waals surface area contributed by atoms with Gasteiger partial charge in [0.05, 0.1) is 22.2 Å². The molecule has 2 atom stereocenters. The highest BCUT2D eigenvalue weighted by atomic mass is 35.5. The zero-order valence-corrected chi connectivity index (χ0v) is 9.42. The van der Waals surface area contributed by atoms with Gasteiger partial charge < -0.3 is 4.74 Å². The zero-order valence-electron chi connectivity index (χ0n) is 7.91. The first kappa shape index (κ1) is 10.8. The van der Waals surface area contributed by atoms with E-state index in [0.29, 0.717) is 10.0 Å². The minimum atomic E-state index is -0.288. The lowest BCUT2D eigenvalue weighted by atomic mass is 10.1. The second kappa shape index (κ2) is 4.40. The predicted octanol–water partition coefficient (Wildman–Crippen LogP) is 3.74. The van der Waals surface area contributed by atoms with Crippen molar-refractivity contribution in [1.29, 1.82) is 5.26 Å². The topological polar surface area (TPSA) is 33.0 Å². The van der Waals surface area contributed by atoms with Gasteiger partial charge in [-0.25, -0.2) is 0 Å². The number of benzene rings is 1. The molecule has 0 spiro atoms. The highest BCUT2D eigenvalue weighted by Gasteiger charge is 2.26. The van der Waals surface area contributed by atoms with Crippen LogP contribution in [-0.4, -0.2) is 6.10 Å². The number of rotatable bonds is 1. The van der Waals surface area contributed by atoms with Gasteiger partial charge in [-0.15, -0.1) is 0 Å². The Balaban J connectivity index is 2.18. The summed E-state index contributed by atoms with van der Waals surface area (Å²) in [5, 5.41) is 9.77. The molecule has 1 aliphatic heterocycles. The molecule has 0 aliphatic carbocycles. The molecule has 78 valence electrons. The number of hydrogen-bond donors (Lipinski definition) is 0. The Bertz CT molecular complexity index is 414. The van der Waals surface area contributed by atoms with E-state index in [4.69, 9.17) is 33.2 Å². The molecule has 2 rings (SSSR count). The molecule has 0 radical (unpaired) electrons. The van der Waals surface area contributed by atoms with Crippen molar-refractivity contribution >= 4 is 23.2 Å². The van der Waals surface area contributed by atoms with E-state index >= 15 is 0 Å². The Labute approximate surface area is 98.4 Å². The Morgan fingerprint density at radius 1 is 1.27 bits per heavy atom. The molecule has 0 saturated carbocycles. The third kappa shape index (κ3) is 2.26. The molecule has 1 heterocycles. The summed E-state index contributed by atoms with van der Waals surface area (Å²) >= 11 is 11.7. The van der Waals surface area contributed by atoms with Crippen molar-refractivity contribution in [2.45, 2.75) is 25.0 Å². The number of halogens is 2. The molecule has 1 aromatic rings. The Hall–Kier alpha value is -0.750. The van der Waals surface area contributed by atoms with Crippen molar-refractivity contribution in [1.82, 2.24) is 0 Å². The van der Waals surface area contributed by atoms with Crippen LogP contribution < -0.4 is 0 Å². The fourth-order valence-corrected chi connectivity index (χ4v) is 2.00. The summed E-state index contributed by atoms with van der Waals surface area (Å²) < 4.78 is 5.53. The van der Waals surface area contributed by atoms with Crippen LogP contribution in [0.3, 0.4) is 0 Å². The van der Waals surface area contributed by atoms with Gasteiger partial charge in [-0.2, -0.15) is 5.26 Å². The molecule has 15 heavy (non-hydrogen) atoms. The summed E-state index contributed by atoms with van der Waals surface area (Å²) in [4.78, 5) is 0. The van der Waals surface area contributed by atoms with Crippen LogP contribution in [0.5, 0.6) is 0 Å². The van der Waals surface area contributed by atoms with E-state index in [1.807, 2.05) is 6.07 Å². The van der Waals surface area contributed by atoms with E-state index in [-0.39, 0.29) is 12.2 Å². The van der Waals surface area contributed by atoms with Gasteiger partial charge in [-0.3, -0.25) is 0 Å². The summed E-state index contributed by atoms with van der Waals surface area (Å²) in [6.07, 6.45) is 1.33. The third-order valence-corrected chi connectivity index (χ3v) is 3.22. The van der Waals surface area contributed by atoms with Crippen LogP contribution in [0.4, 0.5) is 0 Å². The molecule has 0 aromatic heterocycles. The maximum atomic E-state index is 8.71. The van der Waals surface area contributed by atoms with E-state index in [0.717, 1.165) is 18.4 Å². The number of nitriles is 1. The standard InChI is InChI=1S/C11H9Cl2NO/c12-9-3-1-7(5-10(9)13)11-4-2-8(6-14)15-11/h1,3,5,8,11H,2,4H2/t8-,11-/m1/s1. The van der Waals surface area contributed by atoms with Crippen molar-refractivity contribution < 1.29 is 4.74 Å². The highest BCUT2D eigenvalue weighted by molar-refractivity contribution is 6.42. The van der Waals surface area contributed by atoms with Crippen LogP contribution >= 0.6 is 23.2 Å². The molecular weight excluding hydrogens is 233 g/mol. The fourth-order valence-electron chi connectivity index (χ4n) is 1.69. The maximum absolute atomic E-state index is 8.71. The summed E-state index contributed by atoms with van der Waals surface area (Å²) in [6, 6.07) is 7.55. The molecule has 0 bridgehead atoms. The largest absolute Gasteiger partial charge is 0.355 e. The first-order valence-electron chi connectivity index (χ1n) is 4.70. The van der Waals surface area contributed by atoms with Crippen LogP contribution in [-0.2, 0) is 4.74 Å². The molecule has 1 aromatic carbocycles. The predicted molar refractivity (Wildman–Crippen MR) is 58.9 cm³/mol. The van der Waals surface area contributed by atoms with Gasteiger partial charge in [0.2, 0.25) is 0 Å². The molecular formula is C11H9Cl2NO. The average molecular weight is 242 g/mol. The van der Waals surface area contributed by atoms with Crippen molar-refractivity contribution in [2.75, 3.05) is 0 Å². The van der Waals surface area contributed by atoms with Crippen molar-refractivity contribution in [3.05, 3.63) is 33.8 Å². The van der Waals surface area contributed by atoms with Crippen molar-refractivity contribution in [3.63, 3.8) is 0 Å². The van der Waals surface area contributed by atoms with E-state index in [1.165, 1.54) is 0 Å².